The van der Waals surface area contributed by atoms with Gasteiger partial charge in [0.25, 0.3) is 0 Å². The average Bonchev–Trinajstić information content (AvgIpc) is 2.76. The van der Waals surface area contributed by atoms with Crippen LogP contribution in [0.15, 0.2) is 24.3 Å². The molecule has 108 valence electrons. The molecular weight excluding hydrogens is 276 g/mol. The first-order valence-corrected chi connectivity index (χ1v) is 8.43. The molecule has 0 aliphatic carbocycles. The molecule has 0 unspecified atom stereocenters. The highest BCUT2D eigenvalue weighted by molar-refractivity contribution is 7.88. The maximum Gasteiger partial charge on any atom is 0.211 e. The lowest BCUT2D eigenvalue weighted by atomic mass is 10.3. The lowest BCUT2D eigenvalue weighted by molar-refractivity contribution is 0.385. The molecule has 2 aromatic rings. The van der Waals surface area contributed by atoms with Crippen LogP contribution in [0.1, 0.15) is 0 Å². The van der Waals surface area contributed by atoms with Gasteiger partial charge >= 0.3 is 0 Å². The number of aromatic nitrogens is 2. The molecule has 0 amide bonds. The van der Waals surface area contributed by atoms with Crippen LogP contribution in [-0.2, 0) is 17.1 Å². The van der Waals surface area contributed by atoms with Gasteiger partial charge in [-0.1, -0.05) is 12.1 Å². The molecule has 0 saturated carbocycles. The summed E-state index contributed by atoms with van der Waals surface area (Å²) in [5, 5.41) is 0. The van der Waals surface area contributed by atoms with E-state index >= 15 is 0 Å². The number of hydrogen-bond donors (Lipinski definition) is 0. The van der Waals surface area contributed by atoms with Crippen LogP contribution in [0.3, 0.4) is 0 Å². The Kier molecular flexibility index (Phi) is 3.18. The summed E-state index contributed by atoms with van der Waals surface area (Å²) in [5.74, 6) is 0.902. The summed E-state index contributed by atoms with van der Waals surface area (Å²) in [6, 6.07) is 8.00. The first-order valence-electron chi connectivity index (χ1n) is 6.58. The van der Waals surface area contributed by atoms with Gasteiger partial charge in [0, 0.05) is 33.2 Å². The normalized spacial score (nSPS) is 17.8. The number of fused-ring (bicyclic) bond motifs is 1. The van der Waals surface area contributed by atoms with Gasteiger partial charge in [-0.3, -0.25) is 0 Å². The van der Waals surface area contributed by atoms with E-state index in [2.05, 4.69) is 14.5 Å². The largest absolute Gasteiger partial charge is 0.340 e. The van der Waals surface area contributed by atoms with E-state index in [0.29, 0.717) is 26.2 Å². The number of hydrogen-bond acceptors (Lipinski definition) is 4. The number of imidazole rings is 1. The number of anilines is 1. The number of rotatable bonds is 2. The highest BCUT2D eigenvalue weighted by atomic mass is 32.2. The van der Waals surface area contributed by atoms with Crippen LogP contribution < -0.4 is 4.90 Å². The summed E-state index contributed by atoms with van der Waals surface area (Å²) in [6.45, 7) is 2.37. The lowest BCUT2D eigenvalue weighted by Gasteiger charge is -2.33. The van der Waals surface area contributed by atoms with Crippen molar-refractivity contribution in [3.05, 3.63) is 24.3 Å². The molecule has 1 aliphatic heterocycles. The summed E-state index contributed by atoms with van der Waals surface area (Å²) in [7, 11) is -1.09. The molecule has 2 heterocycles. The molecule has 0 spiro atoms. The first kappa shape index (κ1) is 13.4. The number of benzene rings is 1. The Morgan fingerprint density at radius 2 is 1.75 bits per heavy atom. The quantitative estimate of drug-likeness (QED) is 0.816. The van der Waals surface area contributed by atoms with E-state index in [4.69, 9.17) is 0 Å². The maximum absolute atomic E-state index is 11.5. The Balaban J connectivity index is 1.85. The third-order valence-electron chi connectivity index (χ3n) is 3.75. The third kappa shape index (κ3) is 2.27. The molecule has 7 heteroatoms. The second-order valence-corrected chi connectivity index (χ2v) is 7.09. The van der Waals surface area contributed by atoms with Crippen molar-refractivity contribution in [1.29, 1.82) is 0 Å². The van der Waals surface area contributed by atoms with Crippen molar-refractivity contribution in [2.24, 2.45) is 7.05 Å². The van der Waals surface area contributed by atoms with E-state index in [-0.39, 0.29) is 0 Å². The van der Waals surface area contributed by atoms with E-state index in [9.17, 15) is 8.42 Å². The highest BCUT2D eigenvalue weighted by Crippen LogP contribution is 2.22. The second-order valence-electron chi connectivity index (χ2n) is 5.11. The summed E-state index contributed by atoms with van der Waals surface area (Å²) in [5.41, 5.74) is 2.06. The molecule has 0 atom stereocenters. The second kappa shape index (κ2) is 4.75. The molecule has 1 aliphatic rings. The van der Waals surface area contributed by atoms with Gasteiger partial charge in [0.15, 0.2) is 0 Å². The van der Waals surface area contributed by atoms with Crippen molar-refractivity contribution in [2.75, 3.05) is 37.3 Å². The van der Waals surface area contributed by atoms with Crippen molar-refractivity contribution >= 4 is 27.0 Å². The van der Waals surface area contributed by atoms with Gasteiger partial charge in [-0.2, -0.15) is 4.31 Å². The van der Waals surface area contributed by atoms with Crippen LogP contribution in [0, 0.1) is 0 Å². The van der Waals surface area contributed by atoms with E-state index in [1.165, 1.54) is 10.6 Å². The predicted molar refractivity (Wildman–Crippen MR) is 79.3 cm³/mol. The van der Waals surface area contributed by atoms with E-state index in [1.54, 1.807) is 0 Å². The Labute approximate surface area is 118 Å². The average molecular weight is 294 g/mol. The molecular formula is C13H18N4O2S. The molecule has 0 bridgehead atoms. The van der Waals surface area contributed by atoms with E-state index in [0.717, 1.165) is 17.0 Å². The van der Waals surface area contributed by atoms with Crippen molar-refractivity contribution in [3.63, 3.8) is 0 Å². The Morgan fingerprint density at radius 3 is 2.35 bits per heavy atom. The van der Waals surface area contributed by atoms with Gasteiger partial charge in [0.1, 0.15) is 0 Å². The van der Waals surface area contributed by atoms with Gasteiger partial charge < -0.3 is 9.47 Å². The highest BCUT2D eigenvalue weighted by Gasteiger charge is 2.25. The fourth-order valence-electron chi connectivity index (χ4n) is 2.64. The molecule has 3 rings (SSSR count). The molecule has 1 aromatic heterocycles. The third-order valence-corrected chi connectivity index (χ3v) is 5.06. The van der Waals surface area contributed by atoms with Crippen molar-refractivity contribution in [1.82, 2.24) is 13.9 Å². The molecule has 1 aromatic carbocycles. The minimum Gasteiger partial charge on any atom is -0.340 e. The van der Waals surface area contributed by atoms with Crippen molar-refractivity contribution < 1.29 is 8.42 Å². The number of sulfonamides is 1. The van der Waals surface area contributed by atoms with E-state index in [1.807, 2.05) is 31.3 Å². The smallest absolute Gasteiger partial charge is 0.211 e. The fourth-order valence-corrected chi connectivity index (χ4v) is 3.46. The zero-order chi connectivity index (χ0) is 14.3. The number of aryl methyl sites for hydroxylation is 1. The summed E-state index contributed by atoms with van der Waals surface area (Å²) < 4.78 is 26.6. The van der Waals surface area contributed by atoms with Gasteiger partial charge in [-0.25, -0.2) is 13.4 Å². The van der Waals surface area contributed by atoms with Crippen LogP contribution in [-0.4, -0.2) is 54.7 Å². The summed E-state index contributed by atoms with van der Waals surface area (Å²) >= 11 is 0. The summed E-state index contributed by atoms with van der Waals surface area (Å²) in [6.07, 6.45) is 1.26. The first-order chi connectivity index (χ1) is 9.47. The zero-order valence-electron chi connectivity index (χ0n) is 11.7. The minimum absolute atomic E-state index is 0.516. The van der Waals surface area contributed by atoms with Crippen LogP contribution in [0.5, 0.6) is 0 Å². The Bertz CT molecular complexity index is 730. The van der Waals surface area contributed by atoms with E-state index < -0.39 is 10.0 Å². The SMILES string of the molecule is Cn1c(N2CCN(S(C)(=O)=O)CC2)nc2ccccc21. The standard InChI is InChI=1S/C13H18N4O2S/c1-15-12-6-4-3-5-11(12)14-13(15)16-7-9-17(10-8-16)20(2,18)19/h3-6H,7-10H2,1-2H3. The molecule has 6 nitrogen and oxygen atoms in total. The predicted octanol–water partition coefficient (Wildman–Crippen LogP) is 0.655. The number of piperazine rings is 1. The summed E-state index contributed by atoms with van der Waals surface area (Å²) in [4.78, 5) is 6.78. The maximum atomic E-state index is 11.5. The number of nitrogens with zero attached hydrogens (tertiary/aromatic N) is 4. The van der Waals surface area contributed by atoms with Crippen LogP contribution >= 0.6 is 0 Å². The zero-order valence-corrected chi connectivity index (χ0v) is 12.5. The minimum atomic E-state index is -3.09. The van der Waals surface area contributed by atoms with Crippen molar-refractivity contribution in [3.8, 4) is 0 Å². The lowest BCUT2D eigenvalue weighted by Crippen LogP contribution is -2.49. The van der Waals surface area contributed by atoms with Gasteiger partial charge in [-0.05, 0) is 12.1 Å². The van der Waals surface area contributed by atoms with Crippen LogP contribution in [0.25, 0.3) is 11.0 Å². The van der Waals surface area contributed by atoms with Crippen LogP contribution in [0.2, 0.25) is 0 Å². The Morgan fingerprint density at radius 1 is 1.10 bits per heavy atom. The topological polar surface area (TPSA) is 58.4 Å². The molecule has 1 fully saturated rings. The molecule has 0 N–H and O–H groups in total. The van der Waals surface area contributed by atoms with Crippen molar-refractivity contribution in [2.45, 2.75) is 0 Å². The Hall–Kier alpha value is -1.60. The van der Waals surface area contributed by atoms with Gasteiger partial charge in [0.2, 0.25) is 16.0 Å². The van der Waals surface area contributed by atoms with Crippen LogP contribution in [0.4, 0.5) is 5.95 Å². The molecule has 1 saturated heterocycles. The molecule has 0 radical (unpaired) electrons. The monoisotopic (exact) mass is 294 g/mol. The fraction of sp³-hybridized carbons (Fsp3) is 0.462. The number of para-hydroxylation sites is 2. The molecule has 20 heavy (non-hydrogen) atoms. The van der Waals surface area contributed by atoms with Gasteiger partial charge in [-0.15, -0.1) is 0 Å². The van der Waals surface area contributed by atoms with Gasteiger partial charge in [0.05, 0.1) is 17.3 Å².